The van der Waals surface area contributed by atoms with Crippen molar-refractivity contribution in [3.05, 3.63) is 60.7 Å². The van der Waals surface area contributed by atoms with Gasteiger partial charge < -0.3 is 18.9 Å². The second kappa shape index (κ2) is 13.5. The van der Waals surface area contributed by atoms with E-state index in [9.17, 15) is 9.59 Å². The maximum absolute atomic E-state index is 11.7. The van der Waals surface area contributed by atoms with Gasteiger partial charge in [0.1, 0.15) is 18.1 Å². The van der Waals surface area contributed by atoms with Gasteiger partial charge in [-0.15, -0.1) is 0 Å². The molecule has 1 atom stereocenters. The summed E-state index contributed by atoms with van der Waals surface area (Å²) in [5.74, 6) is 0.409. The van der Waals surface area contributed by atoms with Crippen LogP contribution < -0.4 is 9.47 Å². The molecule has 0 N–H and O–H groups in total. The van der Waals surface area contributed by atoms with E-state index in [2.05, 4.69) is 0 Å². The largest absolute Gasteiger partial charge is 0.427 e. The highest BCUT2D eigenvalue weighted by Crippen LogP contribution is 2.11. The molecular weight excluding hydrogens is 372 g/mol. The van der Waals surface area contributed by atoms with Gasteiger partial charge in [0.2, 0.25) is 0 Å². The van der Waals surface area contributed by atoms with Crippen molar-refractivity contribution in [3.63, 3.8) is 0 Å². The van der Waals surface area contributed by atoms with Crippen molar-refractivity contribution >= 4 is 11.9 Å². The first-order valence-corrected chi connectivity index (χ1v) is 9.84. The van der Waals surface area contributed by atoms with Crippen LogP contribution in [0.5, 0.6) is 11.5 Å². The van der Waals surface area contributed by atoms with Crippen molar-refractivity contribution in [3.8, 4) is 11.5 Å². The minimum atomic E-state index is -0.439. The summed E-state index contributed by atoms with van der Waals surface area (Å²) in [4.78, 5) is 23.4. The third-order valence-electron chi connectivity index (χ3n) is 3.96. The van der Waals surface area contributed by atoms with Crippen molar-refractivity contribution in [1.82, 2.24) is 0 Å². The van der Waals surface area contributed by atoms with Crippen LogP contribution in [-0.2, 0) is 19.1 Å². The summed E-state index contributed by atoms with van der Waals surface area (Å²) in [6.45, 7) is 2.70. The lowest BCUT2D eigenvalue weighted by Gasteiger charge is -2.13. The zero-order valence-corrected chi connectivity index (χ0v) is 16.8. The smallest absolute Gasteiger partial charge is 0.337 e. The van der Waals surface area contributed by atoms with Crippen LogP contribution in [-0.4, -0.2) is 37.9 Å². The predicted molar refractivity (Wildman–Crippen MR) is 109 cm³/mol. The average Bonchev–Trinajstić information content (AvgIpc) is 2.73. The molecular formula is C23H28O6. The van der Waals surface area contributed by atoms with Crippen LogP contribution in [0.2, 0.25) is 0 Å². The number of carbonyl (C=O) groups is 2. The third-order valence-corrected chi connectivity index (χ3v) is 3.96. The molecule has 6 nitrogen and oxygen atoms in total. The summed E-state index contributed by atoms with van der Waals surface area (Å²) in [5.41, 5.74) is 0. The molecule has 0 saturated carbocycles. The second-order valence-corrected chi connectivity index (χ2v) is 6.58. The summed E-state index contributed by atoms with van der Waals surface area (Å²) in [6.07, 6.45) is 2.66. The average molecular weight is 400 g/mol. The van der Waals surface area contributed by atoms with Gasteiger partial charge in [-0.2, -0.15) is 0 Å². The SMILES string of the molecule is CC(COCCCCCC(=O)Oc1ccccc1)OCC(=O)Oc1ccccc1. The van der Waals surface area contributed by atoms with Crippen molar-refractivity contribution in [2.75, 3.05) is 19.8 Å². The van der Waals surface area contributed by atoms with Gasteiger partial charge in [-0.1, -0.05) is 42.8 Å². The Kier molecular flexibility index (Phi) is 10.5. The molecule has 1 unspecified atom stereocenters. The molecule has 2 aromatic rings. The molecule has 0 spiro atoms. The molecule has 0 aliphatic carbocycles. The Morgan fingerprint density at radius 3 is 2.00 bits per heavy atom. The van der Waals surface area contributed by atoms with E-state index in [1.165, 1.54) is 0 Å². The predicted octanol–water partition coefficient (Wildman–Crippen LogP) is 4.18. The molecule has 29 heavy (non-hydrogen) atoms. The first-order valence-electron chi connectivity index (χ1n) is 9.84. The molecule has 2 rings (SSSR count). The van der Waals surface area contributed by atoms with Gasteiger partial charge >= 0.3 is 11.9 Å². The van der Waals surface area contributed by atoms with Crippen molar-refractivity contribution in [2.24, 2.45) is 0 Å². The summed E-state index contributed by atoms with van der Waals surface area (Å²) in [7, 11) is 0. The van der Waals surface area contributed by atoms with Crippen LogP contribution >= 0.6 is 0 Å². The highest BCUT2D eigenvalue weighted by Gasteiger charge is 2.09. The Labute approximate surface area is 171 Å². The van der Waals surface area contributed by atoms with Crippen molar-refractivity contribution in [1.29, 1.82) is 0 Å². The maximum Gasteiger partial charge on any atom is 0.337 e. The molecule has 0 aliphatic heterocycles. The third kappa shape index (κ3) is 10.4. The number of esters is 2. The molecule has 0 radical (unpaired) electrons. The molecule has 0 aliphatic rings. The van der Waals surface area contributed by atoms with Crippen molar-refractivity contribution < 1.29 is 28.5 Å². The van der Waals surface area contributed by atoms with Crippen LogP contribution in [0.3, 0.4) is 0 Å². The molecule has 0 aromatic heterocycles. The second-order valence-electron chi connectivity index (χ2n) is 6.58. The monoisotopic (exact) mass is 400 g/mol. The fourth-order valence-corrected chi connectivity index (χ4v) is 2.48. The van der Waals surface area contributed by atoms with Crippen LogP contribution in [0.15, 0.2) is 60.7 Å². The highest BCUT2D eigenvalue weighted by molar-refractivity contribution is 5.73. The Bertz CT molecular complexity index is 717. The molecule has 0 heterocycles. The van der Waals surface area contributed by atoms with Crippen LogP contribution in [0.4, 0.5) is 0 Å². The number of unbranched alkanes of at least 4 members (excludes halogenated alkanes) is 2. The maximum atomic E-state index is 11.7. The molecule has 2 aromatic carbocycles. The lowest BCUT2D eigenvalue weighted by molar-refractivity contribution is -0.142. The summed E-state index contributed by atoms with van der Waals surface area (Å²) in [5, 5.41) is 0. The minimum Gasteiger partial charge on any atom is -0.427 e. The molecule has 0 fully saturated rings. The molecule has 0 amide bonds. The van der Waals surface area contributed by atoms with E-state index < -0.39 is 5.97 Å². The molecule has 0 saturated heterocycles. The van der Waals surface area contributed by atoms with Gasteiger partial charge in [0, 0.05) is 13.0 Å². The Balaban J connectivity index is 1.43. The van der Waals surface area contributed by atoms with Gasteiger partial charge in [0.15, 0.2) is 0 Å². The molecule has 156 valence electrons. The Morgan fingerprint density at radius 1 is 0.793 bits per heavy atom. The van der Waals surface area contributed by atoms with E-state index in [-0.39, 0.29) is 18.7 Å². The lowest BCUT2D eigenvalue weighted by atomic mass is 10.2. The summed E-state index contributed by atoms with van der Waals surface area (Å²) >= 11 is 0. The zero-order chi connectivity index (χ0) is 20.7. The number of ether oxygens (including phenoxy) is 4. The topological polar surface area (TPSA) is 71.1 Å². The van der Waals surface area contributed by atoms with E-state index in [1.807, 2.05) is 31.2 Å². The quantitative estimate of drug-likeness (QED) is 0.285. The minimum absolute atomic E-state index is 0.122. The van der Waals surface area contributed by atoms with Gasteiger partial charge in [-0.3, -0.25) is 4.79 Å². The standard InChI is InChI=1S/C23H28O6/c1-19(27-18-23(25)29-21-13-7-3-8-14-21)17-26-16-10-4-9-15-22(24)28-20-11-5-2-6-12-20/h2-3,5-8,11-14,19H,4,9-10,15-18H2,1H3. The van der Waals surface area contributed by atoms with Gasteiger partial charge in [0.25, 0.3) is 0 Å². The zero-order valence-electron chi connectivity index (χ0n) is 16.8. The first kappa shape index (κ1) is 22.6. The van der Waals surface area contributed by atoms with Crippen LogP contribution in [0, 0.1) is 0 Å². The van der Waals surface area contributed by atoms with Gasteiger partial charge in [0.05, 0.1) is 12.7 Å². The lowest BCUT2D eigenvalue weighted by Crippen LogP contribution is -2.23. The fraction of sp³-hybridized carbons (Fsp3) is 0.391. The van der Waals surface area contributed by atoms with Crippen LogP contribution in [0.25, 0.3) is 0 Å². The van der Waals surface area contributed by atoms with Crippen molar-refractivity contribution in [2.45, 2.75) is 38.7 Å². The highest BCUT2D eigenvalue weighted by atomic mass is 16.6. The number of hydrogen-bond donors (Lipinski definition) is 0. The number of rotatable bonds is 13. The van der Waals surface area contributed by atoms with E-state index in [1.54, 1.807) is 36.4 Å². The van der Waals surface area contributed by atoms with Crippen LogP contribution in [0.1, 0.15) is 32.6 Å². The molecule has 0 bridgehead atoms. The first-order chi connectivity index (χ1) is 14.1. The van der Waals surface area contributed by atoms with E-state index in [0.717, 1.165) is 19.3 Å². The number of para-hydroxylation sites is 2. The summed E-state index contributed by atoms with van der Waals surface area (Å²) < 4.78 is 21.4. The number of carbonyl (C=O) groups excluding carboxylic acids is 2. The van der Waals surface area contributed by atoms with E-state index in [0.29, 0.717) is 31.1 Å². The summed E-state index contributed by atoms with van der Waals surface area (Å²) in [6, 6.07) is 17.9. The van der Waals surface area contributed by atoms with Gasteiger partial charge in [-0.25, -0.2) is 4.79 Å². The molecule has 6 heteroatoms. The normalized spacial score (nSPS) is 11.6. The Hall–Kier alpha value is -2.70. The number of benzene rings is 2. The fourth-order valence-electron chi connectivity index (χ4n) is 2.48. The Morgan fingerprint density at radius 2 is 1.38 bits per heavy atom. The van der Waals surface area contributed by atoms with E-state index >= 15 is 0 Å². The number of hydrogen-bond acceptors (Lipinski definition) is 6. The van der Waals surface area contributed by atoms with E-state index in [4.69, 9.17) is 18.9 Å². The van der Waals surface area contributed by atoms with Gasteiger partial charge in [-0.05, 0) is 44.0 Å².